The smallest absolute Gasteiger partial charge is 0.408 e. The van der Waals surface area contributed by atoms with Gasteiger partial charge in [0.05, 0.1) is 11.4 Å². The van der Waals surface area contributed by atoms with Crippen molar-refractivity contribution in [1.29, 1.82) is 0 Å². The van der Waals surface area contributed by atoms with E-state index in [1.807, 2.05) is 71.9 Å². The number of carbonyl (C=O) groups is 4. The quantitative estimate of drug-likeness (QED) is 0.193. The van der Waals surface area contributed by atoms with Crippen molar-refractivity contribution >= 4 is 39.7 Å². The number of Topliss-reactive ketones (excluding diaryl/α,β-unsaturated/α-hetero) is 1. The maximum atomic E-state index is 13.9. The molecule has 10 heteroatoms. The number of amides is 2. The molecular weight excluding hydrogens is 542 g/mol. The number of halogens is 1. The minimum Gasteiger partial charge on any atom is -0.480 e. The molecule has 0 aliphatic rings. The number of hydrogen-bond donors (Lipinski definition) is 3. The fraction of sp³-hybridized carbons (Fsp3) is 0.630. The van der Waals surface area contributed by atoms with Crippen LogP contribution in [0.4, 0.5) is 4.79 Å². The molecule has 0 aliphatic heterocycles. The van der Waals surface area contributed by atoms with Crippen LogP contribution in [0, 0.1) is 17.8 Å². The largest absolute Gasteiger partial charge is 0.480 e. The van der Waals surface area contributed by atoms with Crippen molar-refractivity contribution in [3.05, 3.63) is 35.9 Å². The molecule has 0 heterocycles. The van der Waals surface area contributed by atoms with Gasteiger partial charge in [-0.1, -0.05) is 87.8 Å². The van der Waals surface area contributed by atoms with Gasteiger partial charge in [-0.3, -0.25) is 14.6 Å². The number of ketones is 1. The van der Waals surface area contributed by atoms with E-state index in [9.17, 15) is 24.3 Å². The second-order valence-corrected chi connectivity index (χ2v) is 11.1. The van der Waals surface area contributed by atoms with Gasteiger partial charge in [0, 0.05) is 0 Å². The molecule has 37 heavy (non-hydrogen) atoms. The summed E-state index contributed by atoms with van der Waals surface area (Å²) < 4.78 is 5.31. The fourth-order valence-corrected chi connectivity index (χ4v) is 4.22. The minimum absolute atomic E-state index is 0.00855. The summed E-state index contributed by atoms with van der Waals surface area (Å²) in [5.41, 5.74) is 3.73. The first kappa shape index (κ1) is 32.6. The van der Waals surface area contributed by atoms with Gasteiger partial charge in [0.1, 0.15) is 18.7 Å². The second-order valence-electron chi connectivity index (χ2n) is 10.5. The number of carboxylic acid groups (broad SMARTS) is 1. The summed E-state index contributed by atoms with van der Waals surface area (Å²) in [5.74, 6) is -1.94. The molecule has 3 N–H and O–H groups in total. The van der Waals surface area contributed by atoms with E-state index < -0.39 is 36.1 Å². The Morgan fingerprint density at radius 3 is 1.92 bits per heavy atom. The predicted molar refractivity (Wildman–Crippen MR) is 146 cm³/mol. The monoisotopic (exact) mass is 583 g/mol. The molecule has 0 aliphatic carbocycles. The number of carboxylic acids is 1. The van der Waals surface area contributed by atoms with Crippen LogP contribution in [-0.2, 0) is 25.7 Å². The van der Waals surface area contributed by atoms with Crippen molar-refractivity contribution in [1.82, 2.24) is 15.8 Å². The molecule has 0 spiro atoms. The number of benzene rings is 1. The highest BCUT2D eigenvalue weighted by molar-refractivity contribution is 9.09. The van der Waals surface area contributed by atoms with Gasteiger partial charge in [0.2, 0.25) is 0 Å². The second kappa shape index (κ2) is 16.4. The normalized spacial score (nSPS) is 13.8. The lowest BCUT2D eigenvalue weighted by atomic mass is 9.99. The van der Waals surface area contributed by atoms with Crippen molar-refractivity contribution in [2.24, 2.45) is 17.8 Å². The zero-order valence-electron chi connectivity index (χ0n) is 22.7. The molecule has 1 rings (SSSR count). The van der Waals surface area contributed by atoms with Crippen molar-refractivity contribution in [3.63, 3.8) is 0 Å². The molecule has 0 unspecified atom stereocenters. The van der Waals surface area contributed by atoms with E-state index in [2.05, 4.69) is 26.7 Å². The van der Waals surface area contributed by atoms with E-state index in [-0.39, 0.29) is 48.3 Å². The van der Waals surface area contributed by atoms with E-state index in [1.54, 1.807) is 0 Å². The summed E-state index contributed by atoms with van der Waals surface area (Å²) in [6, 6.07) is 6.07. The minimum atomic E-state index is -1.23. The molecule has 208 valence electrons. The van der Waals surface area contributed by atoms with Crippen LogP contribution in [-0.4, -0.2) is 57.3 Å². The molecule has 2 amide bonds. The lowest BCUT2D eigenvalue weighted by Gasteiger charge is -2.36. The summed E-state index contributed by atoms with van der Waals surface area (Å²) in [4.78, 5) is 51.5. The van der Waals surface area contributed by atoms with Crippen LogP contribution in [0.1, 0.15) is 66.4 Å². The SMILES string of the molecule is CC(C)C[C@H](NN(C(=O)[C@H](CC(C)C)NC(=O)OCc1ccccc1)[C@@H](CC(C)C)C(=O)O)C(=O)CBr. The molecule has 0 aromatic heterocycles. The highest BCUT2D eigenvalue weighted by Crippen LogP contribution is 2.18. The number of ether oxygens (including phenoxy) is 1. The highest BCUT2D eigenvalue weighted by Gasteiger charge is 2.38. The lowest BCUT2D eigenvalue weighted by molar-refractivity contribution is -0.157. The van der Waals surface area contributed by atoms with Gasteiger partial charge in [0.25, 0.3) is 5.91 Å². The van der Waals surface area contributed by atoms with E-state index in [1.165, 1.54) is 0 Å². The van der Waals surface area contributed by atoms with E-state index in [0.717, 1.165) is 10.6 Å². The van der Waals surface area contributed by atoms with Gasteiger partial charge in [-0.15, -0.1) is 0 Å². The third-order valence-corrected chi connectivity index (χ3v) is 6.11. The first-order chi connectivity index (χ1) is 17.3. The number of alkyl carbamates (subject to hydrolysis) is 1. The third kappa shape index (κ3) is 12.1. The van der Waals surface area contributed by atoms with Crippen LogP contribution in [0.15, 0.2) is 30.3 Å². The van der Waals surface area contributed by atoms with Crippen LogP contribution in [0.5, 0.6) is 0 Å². The summed E-state index contributed by atoms with van der Waals surface area (Å²) in [5, 5.41) is 13.8. The van der Waals surface area contributed by atoms with Crippen LogP contribution in [0.2, 0.25) is 0 Å². The Kier molecular flexibility index (Phi) is 14.4. The Morgan fingerprint density at radius 1 is 0.892 bits per heavy atom. The zero-order chi connectivity index (χ0) is 28.1. The van der Waals surface area contributed by atoms with Crippen LogP contribution in [0.3, 0.4) is 0 Å². The number of aliphatic carboxylic acids is 1. The van der Waals surface area contributed by atoms with Crippen LogP contribution < -0.4 is 10.7 Å². The van der Waals surface area contributed by atoms with E-state index in [0.29, 0.717) is 6.42 Å². The summed E-state index contributed by atoms with van der Waals surface area (Å²) >= 11 is 3.19. The van der Waals surface area contributed by atoms with Gasteiger partial charge in [0.15, 0.2) is 5.78 Å². The highest BCUT2D eigenvalue weighted by atomic mass is 79.9. The van der Waals surface area contributed by atoms with Gasteiger partial charge in [-0.25, -0.2) is 15.0 Å². The maximum absolute atomic E-state index is 13.9. The van der Waals surface area contributed by atoms with E-state index >= 15 is 0 Å². The maximum Gasteiger partial charge on any atom is 0.408 e. The summed E-state index contributed by atoms with van der Waals surface area (Å²) in [6.07, 6.45) is 0.0440. The van der Waals surface area contributed by atoms with Gasteiger partial charge >= 0.3 is 12.1 Å². The van der Waals surface area contributed by atoms with Crippen molar-refractivity contribution in [3.8, 4) is 0 Å². The molecule has 9 nitrogen and oxygen atoms in total. The lowest BCUT2D eigenvalue weighted by Crippen LogP contribution is -2.63. The van der Waals surface area contributed by atoms with Gasteiger partial charge in [-0.2, -0.15) is 0 Å². The average molecular weight is 585 g/mol. The van der Waals surface area contributed by atoms with Crippen LogP contribution >= 0.6 is 15.9 Å². The molecule has 1 aromatic carbocycles. The summed E-state index contributed by atoms with van der Waals surface area (Å²) in [7, 11) is 0. The average Bonchev–Trinajstić information content (AvgIpc) is 2.82. The molecule has 0 saturated heterocycles. The molecule has 0 bridgehead atoms. The topological polar surface area (TPSA) is 125 Å². The first-order valence-corrected chi connectivity index (χ1v) is 13.9. The molecule has 3 atom stereocenters. The van der Waals surface area contributed by atoms with Crippen molar-refractivity contribution in [2.45, 2.75) is 85.5 Å². The van der Waals surface area contributed by atoms with Gasteiger partial charge < -0.3 is 15.2 Å². The molecule has 0 fully saturated rings. The summed E-state index contributed by atoms with van der Waals surface area (Å²) in [6.45, 7) is 11.4. The Bertz CT molecular complexity index is 878. The molecule has 0 saturated carbocycles. The number of carbonyl (C=O) groups excluding carboxylic acids is 3. The first-order valence-electron chi connectivity index (χ1n) is 12.7. The van der Waals surface area contributed by atoms with E-state index in [4.69, 9.17) is 4.74 Å². The van der Waals surface area contributed by atoms with Crippen molar-refractivity contribution in [2.75, 3.05) is 5.33 Å². The third-order valence-electron chi connectivity index (χ3n) is 5.56. The number of rotatable bonds is 16. The number of nitrogens with one attached hydrogen (secondary N) is 2. The Morgan fingerprint density at radius 2 is 1.43 bits per heavy atom. The van der Waals surface area contributed by atoms with Crippen molar-refractivity contribution < 1.29 is 29.0 Å². The van der Waals surface area contributed by atoms with Crippen LogP contribution in [0.25, 0.3) is 0 Å². The standard InChI is InChI=1S/C27H42BrN3O6/c1-17(2)12-21(24(32)15-28)30-31(23(26(34)35)14-19(5)6)25(33)22(13-18(3)4)29-27(36)37-16-20-10-8-7-9-11-20/h7-11,17-19,21-23,30H,12-16H2,1-6H3,(H,29,36)(H,34,35)/t21-,22-,23-/m0/s1. The zero-order valence-corrected chi connectivity index (χ0v) is 24.3. The number of alkyl halides is 1. The Labute approximate surface area is 228 Å². The molecule has 1 aromatic rings. The Balaban J connectivity index is 3.27. The fourth-order valence-electron chi connectivity index (χ4n) is 3.83. The number of hydrazine groups is 1. The van der Waals surface area contributed by atoms with Gasteiger partial charge in [-0.05, 0) is 42.6 Å². The Hall–Kier alpha value is -2.46. The number of hydrogen-bond acceptors (Lipinski definition) is 6. The molecule has 0 radical (unpaired) electrons. The number of nitrogens with zero attached hydrogens (tertiary/aromatic N) is 1. The molecular formula is C27H42BrN3O6. The predicted octanol–water partition coefficient (Wildman–Crippen LogP) is 4.54.